The average Bonchev–Trinajstić information content (AvgIpc) is 3.10. The minimum absolute atomic E-state index is 0.00713. The van der Waals surface area contributed by atoms with Crippen LogP contribution in [0.4, 0.5) is 5.69 Å². The number of hydrogen-bond acceptors (Lipinski definition) is 4. The smallest absolute Gasteiger partial charge is 0.246 e. The van der Waals surface area contributed by atoms with Crippen molar-refractivity contribution in [2.24, 2.45) is 0 Å². The summed E-state index contributed by atoms with van der Waals surface area (Å²) in [5, 5.41) is 6.14. The van der Waals surface area contributed by atoms with Crippen LogP contribution in [0.2, 0.25) is 0 Å². The SMILES string of the molecule is O=C1Nc2ccccc2C1NCCCOCc1ccco1. The van der Waals surface area contributed by atoms with Crippen molar-refractivity contribution < 1.29 is 13.9 Å². The molecular formula is C16H18N2O3. The van der Waals surface area contributed by atoms with E-state index in [1.807, 2.05) is 36.4 Å². The van der Waals surface area contributed by atoms with Gasteiger partial charge in [0.2, 0.25) is 5.91 Å². The van der Waals surface area contributed by atoms with Gasteiger partial charge < -0.3 is 19.8 Å². The van der Waals surface area contributed by atoms with Gasteiger partial charge in [0.25, 0.3) is 0 Å². The number of nitrogens with one attached hydrogen (secondary N) is 2. The van der Waals surface area contributed by atoms with Crippen LogP contribution in [0.5, 0.6) is 0 Å². The first-order valence-corrected chi connectivity index (χ1v) is 7.08. The Bertz CT molecular complexity index is 595. The number of hydrogen-bond donors (Lipinski definition) is 2. The second kappa shape index (κ2) is 6.56. The van der Waals surface area contributed by atoms with Crippen LogP contribution in [0.3, 0.4) is 0 Å². The molecule has 1 aliphatic rings. The minimum Gasteiger partial charge on any atom is -0.467 e. The molecule has 1 aromatic heterocycles. The molecule has 1 amide bonds. The molecule has 21 heavy (non-hydrogen) atoms. The van der Waals surface area contributed by atoms with Gasteiger partial charge in [-0.1, -0.05) is 18.2 Å². The van der Waals surface area contributed by atoms with Crippen LogP contribution in [0, 0.1) is 0 Å². The predicted molar refractivity (Wildman–Crippen MR) is 78.8 cm³/mol. The largest absolute Gasteiger partial charge is 0.467 e. The Kier molecular flexibility index (Phi) is 4.33. The Hall–Kier alpha value is -2.11. The zero-order valence-electron chi connectivity index (χ0n) is 11.7. The van der Waals surface area contributed by atoms with E-state index in [0.29, 0.717) is 13.2 Å². The molecule has 0 bridgehead atoms. The molecule has 5 heteroatoms. The van der Waals surface area contributed by atoms with Crippen LogP contribution in [0.25, 0.3) is 0 Å². The molecule has 5 nitrogen and oxygen atoms in total. The lowest BCUT2D eigenvalue weighted by molar-refractivity contribution is -0.117. The Morgan fingerprint density at radius 2 is 2.14 bits per heavy atom. The van der Waals surface area contributed by atoms with Crippen LogP contribution in [-0.4, -0.2) is 19.1 Å². The number of amides is 1. The number of carbonyl (C=O) groups excluding carboxylic acids is 1. The van der Waals surface area contributed by atoms with E-state index in [1.54, 1.807) is 6.26 Å². The van der Waals surface area contributed by atoms with Gasteiger partial charge >= 0.3 is 0 Å². The third-order valence-corrected chi connectivity index (χ3v) is 3.43. The summed E-state index contributed by atoms with van der Waals surface area (Å²) in [4.78, 5) is 11.9. The van der Waals surface area contributed by atoms with Crippen LogP contribution in [0.15, 0.2) is 47.1 Å². The maximum atomic E-state index is 11.9. The summed E-state index contributed by atoms with van der Waals surface area (Å²) >= 11 is 0. The van der Waals surface area contributed by atoms with E-state index in [4.69, 9.17) is 9.15 Å². The number of rotatable bonds is 7. The maximum Gasteiger partial charge on any atom is 0.246 e. The highest BCUT2D eigenvalue weighted by Gasteiger charge is 2.29. The summed E-state index contributed by atoms with van der Waals surface area (Å²) in [6.07, 6.45) is 2.48. The number of benzene rings is 1. The lowest BCUT2D eigenvalue weighted by atomic mass is 10.1. The van der Waals surface area contributed by atoms with Crippen molar-refractivity contribution >= 4 is 11.6 Å². The number of anilines is 1. The highest BCUT2D eigenvalue weighted by atomic mass is 16.5. The molecule has 0 saturated heterocycles. The van der Waals surface area contributed by atoms with E-state index in [-0.39, 0.29) is 11.9 Å². The predicted octanol–water partition coefficient (Wildman–Crippen LogP) is 2.47. The van der Waals surface area contributed by atoms with Gasteiger partial charge in [0.05, 0.1) is 6.26 Å². The molecule has 3 rings (SSSR count). The topological polar surface area (TPSA) is 63.5 Å². The van der Waals surface area contributed by atoms with Gasteiger partial charge in [0.15, 0.2) is 0 Å². The number of para-hydroxylation sites is 1. The Morgan fingerprint density at radius 3 is 3.00 bits per heavy atom. The van der Waals surface area contributed by atoms with Crippen molar-refractivity contribution in [3.63, 3.8) is 0 Å². The van der Waals surface area contributed by atoms with E-state index >= 15 is 0 Å². The Morgan fingerprint density at radius 1 is 1.24 bits per heavy atom. The van der Waals surface area contributed by atoms with Crippen molar-refractivity contribution in [3.05, 3.63) is 54.0 Å². The van der Waals surface area contributed by atoms with E-state index in [9.17, 15) is 4.79 Å². The van der Waals surface area contributed by atoms with Crippen molar-refractivity contribution in [2.45, 2.75) is 19.1 Å². The molecule has 1 aromatic carbocycles. The second-order valence-electron chi connectivity index (χ2n) is 4.95. The van der Waals surface area contributed by atoms with Crippen molar-refractivity contribution in [3.8, 4) is 0 Å². The molecule has 1 unspecified atom stereocenters. The van der Waals surface area contributed by atoms with Gasteiger partial charge in [-0.3, -0.25) is 4.79 Å². The van der Waals surface area contributed by atoms with Gasteiger partial charge in [0, 0.05) is 17.9 Å². The highest BCUT2D eigenvalue weighted by molar-refractivity contribution is 6.02. The van der Waals surface area contributed by atoms with Gasteiger partial charge in [-0.2, -0.15) is 0 Å². The average molecular weight is 286 g/mol. The second-order valence-corrected chi connectivity index (χ2v) is 4.95. The molecular weight excluding hydrogens is 268 g/mol. The highest BCUT2D eigenvalue weighted by Crippen LogP contribution is 2.29. The first kappa shape index (κ1) is 13.9. The summed E-state index contributed by atoms with van der Waals surface area (Å²) in [5.41, 5.74) is 1.91. The normalized spacial score (nSPS) is 16.8. The molecule has 0 fully saturated rings. The van der Waals surface area contributed by atoms with Crippen molar-refractivity contribution in [2.75, 3.05) is 18.5 Å². The molecule has 110 valence electrons. The number of ether oxygens (including phenoxy) is 1. The summed E-state index contributed by atoms with van der Waals surface area (Å²) in [6.45, 7) is 1.84. The zero-order valence-corrected chi connectivity index (χ0v) is 11.7. The zero-order chi connectivity index (χ0) is 14.5. The Labute approximate surface area is 123 Å². The van der Waals surface area contributed by atoms with Gasteiger partial charge in [-0.25, -0.2) is 0 Å². The van der Waals surface area contributed by atoms with E-state index < -0.39 is 0 Å². The monoisotopic (exact) mass is 286 g/mol. The third kappa shape index (κ3) is 3.32. The molecule has 0 aliphatic carbocycles. The molecule has 0 radical (unpaired) electrons. The van der Waals surface area contributed by atoms with Gasteiger partial charge in [0.1, 0.15) is 18.4 Å². The molecule has 1 aliphatic heterocycles. The quantitative estimate of drug-likeness (QED) is 0.768. The van der Waals surface area contributed by atoms with E-state index in [1.165, 1.54) is 0 Å². The first-order chi connectivity index (χ1) is 10.3. The van der Waals surface area contributed by atoms with Crippen molar-refractivity contribution in [1.29, 1.82) is 0 Å². The van der Waals surface area contributed by atoms with E-state index in [2.05, 4.69) is 10.6 Å². The Balaban J connectivity index is 1.39. The molecule has 2 N–H and O–H groups in total. The van der Waals surface area contributed by atoms with Crippen molar-refractivity contribution in [1.82, 2.24) is 5.32 Å². The number of carbonyl (C=O) groups is 1. The van der Waals surface area contributed by atoms with Gasteiger partial charge in [-0.15, -0.1) is 0 Å². The first-order valence-electron chi connectivity index (χ1n) is 7.08. The molecule has 0 saturated carbocycles. The van der Waals surface area contributed by atoms with Crippen LogP contribution < -0.4 is 10.6 Å². The summed E-state index contributed by atoms with van der Waals surface area (Å²) in [6, 6.07) is 11.2. The summed E-state index contributed by atoms with van der Waals surface area (Å²) in [5.74, 6) is 0.833. The van der Waals surface area contributed by atoms with E-state index in [0.717, 1.165) is 30.0 Å². The van der Waals surface area contributed by atoms with Crippen LogP contribution in [0.1, 0.15) is 23.8 Å². The molecule has 2 heterocycles. The van der Waals surface area contributed by atoms with Crippen LogP contribution >= 0.6 is 0 Å². The minimum atomic E-state index is -0.258. The number of fused-ring (bicyclic) bond motifs is 1. The lowest BCUT2D eigenvalue weighted by Crippen LogP contribution is -2.28. The van der Waals surface area contributed by atoms with Gasteiger partial charge in [-0.05, 0) is 31.2 Å². The lowest BCUT2D eigenvalue weighted by Gasteiger charge is -2.11. The summed E-state index contributed by atoms with van der Waals surface area (Å²) < 4.78 is 10.7. The molecule has 0 spiro atoms. The number of furan rings is 1. The fraction of sp³-hybridized carbons (Fsp3) is 0.312. The molecule has 2 aromatic rings. The maximum absolute atomic E-state index is 11.9. The third-order valence-electron chi connectivity index (χ3n) is 3.43. The fourth-order valence-corrected chi connectivity index (χ4v) is 2.40. The fourth-order valence-electron chi connectivity index (χ4n) is 2.40. The summed E-state index contributed by atoms with van der Waals surface area (Å²) in [7, 11) is 0. The van der Waals surface area contributed by atoms with Crippen LogP contribution in [-0.2, 0) is 16.1 Å². The standard InChI is InChI=1S/C16H18N2O3/c19-16-15(13-6-1-2-7-14(13)18-16)17-8-4-9-20-11-12-5-3-10-21-12/h1-3,5-7,10,15,17H,4,8-9,11H2,(H,18,19). The molecule has 1 atom stereocenters.